The zero-order valence-corrected chi connectivity index (χ0v) is 9.13. The largest absolute Gasteiger partial charge is 0.330 e. The van der Waals surface area contributed by atoms with Crippen LogP contribution >= 0.6 is 0 Å². The first-order valence-corrected chi connectivity index (χ1v) is 5.71. The van der Waals surface area contributed by atoms with Crippen LogP contribution in [-0.2, 0) is 6.54 Å². The number of hydrogen-bond acceptors (Lipinski definition) is 2. The van der Waals surface area contributed by atoms with E-state index in [9.17, 15) is 0 Å². The molecule has 2 aromatic rings. The summed E-state index contributed by atoms with van der Waals surface area (Å²) in [5.74, 6) is 0. The lowest BCUT2D eigenvalue weighted by Gasteiger charge is -2.06. The molecule has 1 saturated carbocycles. The third-order valence-electron chi connectivity index (χ3n) is 3.08. The van der Waals surface area contributed by atoms with Crippen LogP contribution in [0.5, 0.6) is 0 Å². The molecular formula is C13H15N3. The van der Waals surface area contributed by atoms with Gasteiger partial charge in [0, 0.05) is 18.2 Å². The van der Waals surface area contributed by atoms with E-state index < -0.39 is 0 Å². The molecule has 1 aromatic heterocycles. The first kappa shape index (κ1) is 9.60. The summed E-state index contributed by atoms with van der Waals surface area (Å²) < 4.78 is 2.24. The van der Waals surface area contributed by atoms with Crippen molar-refractivity contribution in [1.82, 2.24) is 9.55 Å². The monoisotopic (exact) mass is 213 g/mol. The summed E-state index contributed by atoms with van der Waals surface area (Å²) in [7, 11) is 0. The Labute approximate surface area is 94.9 Å². The SMILES string of the molecule is NCc1c(-c2ccccc2)ncn1C1CC1. The molecule has 0 atom stereocenters. The topological polar surface area (TPSA) is 43.8 Å². The molecule has 1 fully saturated rings. The second-order valence-electron chi connectivity index (χ2n) is 4.25. The number of hydrogen-bond donors (Lipinski definition) is 1. The Balaban J connectivity index is 2.07. The van der Waals surface area contributed by atoms with Gasteiger partial charge in [-0.3, -0.25) is 0 Å². The van der Waals surface area contributed by atoms with Crippen molar-refractivity contribution in [3.05, 3.63) is 42.4 Å². The van der Waals surface area contributed by atoms with Crippen LogP contribution in [-0.4, -0.2) is 9.55 Å². The zero-order chi connectivity index (χ0) is 11.0. The Morgan fingerprint density at radius 1 is 1.25 bits per heavy atom. The van der Waals surface area contributed by atoms with Crippen molar-refractivity contribution in [1.29, 1.82) is 0 Å². The van der Waals surface area contributed by atoms with Crippen molar-refractivity contribution in [2.75, 3.05) is 0 Å². The molecule has 0 bridgehead atoms. The highest BCUT2D eigenvalue weighted by molar-refractivity contribution is 5.61. The number of benzene rings is 1. The predicted octanol–water partition coefficient (Wildman–Crippen LogP) is 2.34. The van der Waals surface area contributed by atoms with Gasteiger partial charge in [-0.1, -0.05) is 30.3 Å². The second-order valence-corrected chi connectivity index (χ2v) is 4.25. The summed E-state index contributed by atoms with van der Waals surface area (Å²) in [6.45, 7) is 0.556. The fourth-order valence-corrected chi connectivity index (χ4v) is 2.09. The summed E-state index contributed by atoms with van der Waals surface area (Å²) in [6, 6.07) is 10.9. The maximum Gasteiger partial charge on any atom is 0.0959 e. The van der Waals surface area contributed by atoms with Crippen LogP contribution < -0.4 is 5.73 Å². The Morgan fingerprint density at radius 2 is 2.00 bits per heavy atom. The average Bonchev–Trinajstić information content (AvgIpc) is 3.09. The van der Waals surface area contributed by atoms with Crippen LogP contribution in [0.25, 0.3) is 11.3 Å². The Bertz CT molecular complexity index is 483. The van der Waals surface area contributed by atoms with Crippen molar-refractivity contribution in [2.45, 2.75) is 25.4 Å². The minimum absolute atomic E-state index is 0.556. The smallest absolute Gasteiger partial charge is 0.0959 e. The molecule has 3 rings (SSSR count). The zero-order valence-electron chi connectivity index (χ0n) is 9.13. The van der Waals surface area contributed by atoms with Crippen molar-refractivity contribution in [2.24, 2.45) is 5.73 Å². The van der Waals surface area contributed by atoms with Crippen LogP contribution in [0.1, 0.15) is 24.6 Å². The minimum Gasteiger partial charge on any atom is -0.330 e. The van der Waals surface area contributed by atoms with E-state index in [0.29, 0.717) is 12.6 Å². The number of nitrogens with two attached hydrogens (primary N) is 1. The molecule has 3 nitrogen and oxygen atoms in total. The normalized spacial score (nSPS) is 15.3. The summed E-state index contributed by atoms with van der Waals surface area (Å²) in [5.41, 5.74) is 9.19. The van der Waals surface area contributed by atoms with Gasteiger partial charge in [-0.15, -0.1) is 0 Å². The standard InChI is InChI=1S/C13H15N3/c14-8-12-13(10-4-2-1-3-5-10)15-9-16(12)11-6-7-11/h1-5,9,11H,6-8,14H2. The fraction of sp³-hybridized carbons (Fsp3) is 0.308. The lowest BCUT2D eigenvalue weighted by atomic mass is 10.1. The number of nitrogens with zero attached hydrogens (tertiary/aromatic N) is 2. The van der Waals surface area contributed by atoms with Gasteiger partial charge in [0.05, 0.1) is 17.7 Å². The van der Waals surface area contributed by atoms with E-state index in [1.807, 2.05) is 24.5 Å². The highest BCUT2D eigenvalue weighted by Gasteiger charge is 2.26. The van der Waals surface area contributed by atoms with E-state index in [4.69, 9.17) is 5.73 Å². The maximum absolute atomic E-state index is 5.84. The third kappa shape index (κ3) is 1.53. The summed E-state index contributed by atoms with van der Waals surface area (Å²) >= 11 is 0. The molecule has 0 amide bonds. The van der Waals surface area contributed by atoms with Crippen LogP contribution in [0.3, 0.4) is 0 Å². The molecule has 0 saturated heterocycles. The van der Waals surface area contributed by atoms with Crippen LogP contribution in [0.2, 0.25) is 0 Å². The average molecular weight is 213 g/mol. The molecule has 0 aliphatic heterocycles. The van der Waals surface area contributed by atoms with Gasteiger partial charge < -0.3 is 10.3 Å². The van der Waals surface area contributed by atoms with Gasteiger partial charge in [0.15, 0.2) is 0 Å². The quantitative estimate of drug-likeness (QED) is 0.850. The summed E-state index contributed by atoms with van der Waals surface area (Å²) in [5, 5.41) is 0. The molecule has 16 heavy (non-hydrogen) atoms. The lowest BCUT2D eigenvalue weighted by Crippen LogP contribution is -2.06. The van der Waals surface area contributed by atoms with Crippen molar-refractivity contribution < 1.29 is 0 Å². The molecule has 1 heterocycles. The van der Waals surface area contributed by atoms with Gasteiger partial charge >= 0.3 is 0 Å². The molecular weight excluding hydrogens is 198 g/mol. The van der Waals surface area contributed by atoms with Gasteiger partial charge in [-0.05, 0) is 12.8 Å². The lowest BCUT2D eigenvalue weighted by molar-refractivity contribution is 0.694. The molecule has 3 heteroatoms. The molecule has 0 spiro atoms. The van der Waals surface area contributed by atoms with E-state index in [2.05, 4.69) is 21.7 Å². The number of rotatable bonds is 3. The van der Waals surface area contributed by atoms with Crippen LogP contribution in [0.4, 0.5) is 0 Å². The van der Waals surface area contributed by atoms with Crippen molar-refractivity contribution in [3.8, 4) is 11.3 Å². The third-order valence-corrected chi connectivity index (χ3v) is 3.08. The molecule has 0 unspecified atom stereocenters. The highest BCUT2D eigenvalue weighted by Crippen LogP contribution is 2.37. The number of imidazole rings is 1. The molecule has 0 radical (unpaired) electrons. The van der Waals surface area contributed by atoms with Crippen LogP contribution in [0, 0.1) is 0 Å². The summed E-state index contributed by atoms with van der Waals surface area (Å²) in [6.07, 6.45) is 4.46. The second kappa shape index (κ2) is 3.76. The Hall–Kier alpha value is -1.61. The van der Waals surface area contributed by atoms with E-state index in [0.717, 1.165) is 17.0 Å². The first-order chi connectivity index (χ1) is 7.90. The fourth-order valence-electron chi connectivity index (χ4n) is 2.09. The van der Waals surface area contributed by atoms with Crippen LogP contribution in [0.15, 0.2) is 36.7 Å². The molecule has 1 aliphatic carbocycles. The van der Waals surface area contributed by atoms with Gasteiger partial charge in [-0.25, -0.2) is 4.98 Å². The predicted molar refractivity (Wildman–Crippen MR) is 63.8 cm³/mol. The maximum atomic E-state index is 5.84. The Kier molecular flexibility index (Phi) is 2.26. The Morgan fingerprint density at radius 3 is 2.62 bits per heavy atom. The van der Waals surface area contributed by atoms with Crippen molar-refractivity contribution >= 4 is 0 Å². The molecule has 1 aromatic carbocycles. The van der Waals surface area contributed by atoms with E-state index in [1.54, 1.807) is 0 Å². The summed E-state index contributed by atoms with van der Waals surface area (Å²) in [4.78, 5) is 4.50. The number of aromatic nitrogens is 2. The molecule has 82 valence electrons. The van der Waals surface area contributed by atoms with Gasteiger partial charge in [0.2, 0.25) is 0 Å². The van der Waals surface area contributed by atoms with E-state index in [-0.39, 0.29) is 0 Å². The first-order valence-electron chi connectivity index (χ1n) is 5.71. The minimum atomic E-state index is 0.556. The van der Waals surface area contributed by atoms with Gasteiger partial charge in [-0.2, -0.15) is 0 Å². The van der Waals surface area contributed by atoms with E-state index in [1.165, 1.54) is 12.8 Å². The van der Waals surface area contributed by atoms with E-state index >= 15 is 0 Å². The molecule has 2 N–H and O–H groups in total. The van der Waals surface area contributed by atoms with Crippen molar-refractivity contribution in [3.63, 3.8) is 0 Å². The van der Waals surface area contributed by atoms with Gasteiger partial charge in [0.25, 0.3) is 0 Å². The highest BCUT2D eigenvalue weighted by atomic mass is 15.1. The molecule has 1 aliphatic rings. The van der Waals surface area contributed by atoms with Gasteiger partial charge in [0.1, 0.15) is 0 Å².